The summed E-state index contributed by atoms with van der Waals surface area (Å²) in [5.41, 5.74) is -0.180. The predicted molar refractivity (Wildman–Crippen MR) is 293 cm³/mol. The van der Waals surface area contributed by atoms with E-state index in [0.29, 0.717) is 0 Å². The number of unbranched alkanes of at least 4 members (excludes halogenated alkanes) is 27. The molecule has 12 nitrogen and oxygen atoms in total. The normalized spacial score (nSPS) is 12.7. The van der Waals surface area contributed by atoms with Gasteiger partial charge in [-0.05, 0) is 55.2 Å². The molecule has 3 N–H and O–H groups in total. The summed E-state index contributed by atoms with van der Waals surface area (Å²) in [4.78, 5) is 82.4. The molecule has 0 heterocycles. The van der Waals surface area contributed by atoms with E-state index in [0.717, 1.165) is 77.0 Å². The Hall–Kier alpha value is -3.96. The summed E-state index contributed by atoms with van der Waals surface area (Å²) in [7, 11) is 0. The lowest BCUT2D eigenvalue weighted by molar-refractivity contribution is -0.148. The second-order valence-electron chi connectivity index (χ2n) is 21.4. The van der Waals surface area contributed by atoms with E-state index < -0.39 is 53.8 Å². The highest BCUT2D eigenvalue weighted by Gasteiger charge is 2.31. The second kappa shape index (κ2) is 42.4. The van der Waals surface area contributed by atoms with Gasteiger partial charge < -0.3 is 30.2 Å². The third kappa shape index (κ3) is 30.9. The SMILES string of the molecule is CCCCCCCCCCCCOC(=O)[C@H](NC(=O)c1cc(C(=O)N[C@@H](C(=O)OCCCCCCCCCCCC)C(C)C)cc(C(=O)N[C@@H](C(=O)OCCCCCCCCCCCC)C(C)C)c1)C(C)C. The molecule has 0 fully saturated rings. The largest absolute Gasteiger partial charge is 0.464 e. The van der Waals surface area contributed by atoms with E-state index in [1.807, 2.05) is 0 Å². The Morgan fingerprint density at radius 3 is 0.681 bits per heavy atom. The minimum atomic E-state index is -0.998. The summed E-state index contributed by atoms with van der Waals surface area (Å²) in [6.07, 6.45) is 34.5. The van der Waals surface area contributed by atoms with E-state index in [2.05, 4.69) is 36.7 Å². The molecule has 0 saturated carbocycles. The Morgan fingerprint density at radius 1 is 0.319 bits per heavy atom. The van der Waals surface area contributed by atoms with Crippen molar-refractivity contribution in [1.29, 1.82) is 0 Å². The monoisotopic (exact) mass is 1010 g/mol. The Morgan fingerprint density at radius 2 is 0.500 bits per heavy atom. The minimum absolute atomic E-state index is 0.0600. The van der Waals surface area contributed by atoms with E-state index in [-0.39, 0.29) is 54.3 Å². The number of ether oxygens (including phenoxy) is 3. The molecule has 0 radical (unpaired) electrons. The zero-order valence-corrected chi connectivity index (χ0v) is 47.2. The van der Waals surface area contributed by atoms with Gasteiger partial charge in [0.15, 0.2) is 0 Å². The van der Waals surface area contributed by atoms with Crippen molar-refractivity contribution in [3.05, 3.63) is 34.9 Å². The number of amides is 3. The van der Waals surface area contributed by atoms with Crippen LogP contribution in [-0.2, 0) is 28.6 Å². The van der Waals surface area contributed by atoms with Crippen LogP contribution in [0.2, 0.25) is 0 Å². The lowest BCUT2D eigenvalue weighted by Gasteiger charge is -2.23. The summed E-state index contributed by atoms with van der Waals surface area (Å²) in [6.45, 7) is 18.2. The molecule has 72 heavy (non-hydrogen) atoms. The van der Waals surface area contributed by atoms with Crippen molar-refractivity contribution in [1.82, 2.24) is 16.0 Å². The van der Waals surface area contributed by atoms with Gasteiger partial charge in [0, 0.05) is 16.7 Å². The first kappa shape index (κ1) is 66.1. The molecule has 1 aromatic rings. The second-order valence-corrected chi connectivity index (χ2v) is 21.4. The van der Waals surface area contributed by atoms with Gasteiger partial charge in [-0.2, -0.15) is 0 Å². The van der Waals surface area contributed by atoms with Crippen LogP contribution in [0.15, 0.2) is 18.2 Å². The maximum atomic E-state index is 14.1. The molecule has 414 valence electrons. The van der Waals surface area contributed by atoms with Gasteiger partial charge in [0.2, 0.25) is 0 Å². The van der Waals surface area contributed by atoms with Gasteiger partial charge in [0.25, 0.3) is 17.7 Å². The van der Waals surface area contributed by atoms with Gasteiger partial charge in [0.1, 0.15) is 18.1 Å². The summed E-state index contributed by atoms with van der Waals surface area (Å²) in [6, 6.07) is 1.01. The first-order chi connectivity index (χ1) is 34.7. The number of benzene rings is 1. The van der Waals surface area contributed by atoms with Crippen LogP contribution in [0.1, 0.15) is 286 Å². The number of hydrogen-bond donors (Lipinski definition) is 3. The van der Waals surface area contributed by atoms with Crippen molar-refractivity contribution in [3.8, 4) is 0 Å². The Kier molecular flexibility index (Phi) is 38.9. The third-order valence-corrected chi connectivity index (χ3v) is 13.6. The predicted octanol–water partition coefficient (Wildman–Crippen LogP) is 14.3. The molecule has 3 atom stereocenters. The van der Waals surface area contributed by atoms with Crippen LogP contribution in [0.3, 0.4) is 0 Å². The highest BCUT2D eigenvalue weighted by Crippen LogP contribution is 2.18. The van der Waals surface area contributed by atoms with Crippen molar-refractivity contribution in [3.63, 3.8) is 0 Å². The average Bonchev–Trinajstić information content (AvgIpc) is 3.35. The maximum Gasteiger partial charge on any atom is 0.328 e. The minimum Gasteiger partial charge on any atom is -0.464 e. The molecule has 1 aromatic carbocycles. The number of carbonyl (C=O) groups excluding carboxylic acids is 6. The lowest BCUT2D eigenvalue weighted by atomic mass is 9.99. The number of esters is 3. The van der Waals surface area contributed by atoms with Crippen LogP contribution in [-0.4, -0.2) is 73.6 Å². The average molecular weight is 1010 g/mol. The third-order valence-electron chi connectivity index (χ3n) is 13.6. The Bertz CT molecular complexity index is 1430. The van der Waals surface area contributed by atoms with Crippen molar-refractivity contribution in [2.45, 2.75) is 273 Å². The van der Waals surface area contributed by atoms with Crippen LogP contribution in [0.5, 0.6) is 0 Å². The van der Waals surface area contributed by atoms with Gasteiger partial charge in [-0.15, -0.1) is 0 Å². The van der Waals surface area contributed by atoms with Crippen LogP contribution in [0.25, 0.3) is 0 Å². The van der Waals surface area contributed by atoms with Gasteiger partial charge >= 0.3 is 17.9 Å². The highest BCUT2D eigenvalue weighted by atomic mass is 16.5. The molecule has 0 aliphatic carbocycles. The smallest absolute Gasteiger partial charge is 0.328 e. The molecule has 0 aliphatic rings. The molecular weight excluding hydrogens is 907 g/mol. The van der Waals surface area contributed by atoms with E-state index in [1.54, 1.807) is 41.5 Å². The van der Waals surface area contributed by atoms with Gasteiger partial charge in [0.05, 0.1) is 19.8 Å². The fourth-order valence-electron chi connectivity index (χ4n) is 8.74. The van der Waals surface area contributed by atoms with Gasteiger partial charge in [-0.25, -0.2) is 14.4 Å². The molecule has 1 rings (SSSR count). The van der Waals surface area contributed by atoms with E-state index in [4.69, 9.17) is 14.2 Å². The molecule has 0 aromatic heterocycles. The van der Waals surface area contributed by atoms with Crippen molar-refractivity contribution < 1.29 is 43.0 Å². The van der Waals surface area contributed by atoms with Crippen LogP contribution < -0.4 is 16.0 Å². The molecular formula is C60H105N3O9. The van der Waals surface area contributed by atoms with E-state index in [9.17, 15) is 28.8 Å². The number of carbonyl (C=O) groups is 6. The zero-order chi connectivity index (χ0) is 53.4. The molecule has 0 bridgehead atoms. The molecule has 3 amide bonds. The van der Waals surface area contributed by atoms with Crippen molar-refractivity contribution >= 4 is 35.6 Å². The van der Waals surface area contributed by atoms with Crippen LogP contribution in [0, 0.1) is 17.8 Å². The highest BCUT2D eigenvalue weighted by molar-refractivity contribution is 6.06. The standard InChI is InChI=1S/C60H105N3O9/c1-10-13-16-19-22-25-28-31-34-37-40-70-58(67)52(46(4)5)61-55(64)49-43-50(56(65)62-53(47(6)7)59(68)71-41-38-35-32-29-26-23-20-17-14-11-2)45-51(44-49)57(66)63-54(48(8)9)60(69)72-42-39-36-33-30-27-24-21-18-15-12-3/h43-48,52-54H,10-42H2,1-9H3,(H,61,64)(H,62,65)(H,63,66)/t52-,53-,54-/m1/s1. The molecule has 12 heteroatoms. The van der Waals surface area contributed by atoms with Crippen molar-refractivity contribution in [2.75, 3.05) is 19.8 Å². The quantitative estimate of drug-likeness (QED) is 0.0327. The maximum absolute atomic E-state index is 14.1. The topological polar surface area (TPSA) is 166 Å². The van der Waals surface area contributed by atoms with E-state index in [1.165, 1.54) is 134 Å². The first-order valence-corrected chi connectivity index (χ1v) is 29.3. The Labute approximate surface area is 438 Å². The van der Waals surface area contributed by atoms with E-state index >= 15 is 0 Å². The number of nitrogens with one attached hydrogen (secondary N) is 3. The summed E-state index contributed by atoms with van der Waals surface area (Å²) >= 11 is 0. The van der Waals surface area contributed by atoms with Gasteiger partial charge in [-0.3, -0.25) is 14.4 Å². The fraction of sp³-hybridized carbons (Fsp3) is 0.800. The summed E-state index contributed by atoms with van der Waals surface area (Å²) < 4.78 is 16.9. The molecule has 0 unspecified atom stereocenters. The molecule has 0 aliphatic heterocycles. The fourth-order valence-corrected chi connectivity index (χ4v) is 8.74. The zero-order valence-electron chi connectivity index (χ0n) is 47.2. The number of hydrogen-bond acceptors (Lipinski definition) is 9. The Balaban J connectivity index is 3.16. The van der Waals surface area contributed by atoms with Gasteiger partial charge in [-0.1, -0.05) is 236 Å². The van der Waals surface area contributed by atoms with Crippen LogP contribution >= 0.6 is 0 Å². The molecule has 0 saturated heterocycles. The van der Waals surface area contributed by atoms with Crippen LogP contribution in [0.4, 0.5) is 0 Å². The number of rotatable bonds is 45. The lowest BCUT2D eigenvalue weighted by Crippen LogP contribution is -2.47. The summed E-state index contributed by atoms with van der Waals surface area (Å²) in [5, 5.41) is 8.38. The molecule has 0 spiro atoms. The van der Waals surface area contributed by atoms with Crippen molar-refractivity contribution in [2.24, 2.45) is 17.8 Å². The first-order valence-electron chi connectivity index (χ1n) is 29.3. The summed E-state index contributed by atoms with van der Waals surface area (Å²) in [5.74, 6) is -4.77.